The lowest BCUT2D eigenvalue weighted by Gasteiger charge is -2.30. The quantitative estimate of drug-likeness (QED) is 0.193. The Kier molecular flexibility index (Phi) is 9.41. The molecule has 6 nitrogen and oxygen atoms in total. The molecule has 2 saturated heterocycles. The zero-order chi connectivity index (χ0) is 29.9. The van der Waals surface area contributed by atoms with Gasteiger partial charge in [0, 0.05) is 45.3 Å². The van der Waals surface area contributed by atoms with Crippen LogP contribution < -0.4 is 10.6 Å². The van der Waals surface area contributed by atoms with Gasteiger partial charge in [0.05, 0.1) is 0 Å². The maximum Gasteiger partial charge on any atom is 0.0488 e. The molecule has 6 heteroatoms. The van der Waals surface area contributed by atoms with Crippen LogP contribution in [0.3, 0.4) is 0 Å². The molecule has 0 radical (unpaired) electrons. The molecule has 4 aromatic rings. The summed E-state index contributed by atoms with van der Waals surface area (Å²) in [6.07, 6.45) is 13.1. The number of hydrogen-bond donors (Lipinski definition) is 4. The van der Waals surface area contributed by atoms with Crippen molar-refractivity contribution < 1.29 is 0 Å². The Morgan fingerprint density at radius 2 is 1.02 bits per heavy atom. The van der Waals surface area contributed by atoms with E-state index < -0.39 is 0 Å². The van der Waals surface area contributed by atoms with Crippen molar-refractivity contribution in [1.82, 2.24) is 30.4 Å². The number of rotatable bonds is 6. The van der Waals surface area contributed by atoms with Crippen LogP contribution in [0.4, 0.5) is 0 Å². The van der Waals surface area contributed by atoms with Gasteiger partial charge in [-0.25, -0.2) is 0 Å². The van der Waals surface area contributed by atoms with Crippen molar-refractivity contribution in [3.63, 3.8) is 0 Å². The lowest BCUT2D eigenvalue weighted by molar-refractivity contribution is 0.215. The standard InChI is InChI=1S/2C19H27N3/c2*1-14-5-6-15-16-7-9-20-17(19(16)21-18(15)13-14)8-12-22-10-3-2-4-11-22/h2*5-6,13,17,20-21H,2-4,7-12H2,1H3/t2*17-/m10/s1. The minimum absolute atomic E-state index is 0.499. The number of aromatic amines is 2. The largest absolute Gasteiger partial charge is 0.357 e. The molecule has 8 rings (SSSR count). The number of fused-ring (bicyclic) bond motifs is 6. The summed E-state index contributed by atoms with van der Waals surface area (Å²) in [4.78, 5) is 12.7. The zero-order valence-electron chi connectivity index (χ0n) is 27.2. The molecule has 2 fully saturated rings. The first-order valence-electron chi connectivity index (χ1n) is 17.8. The lowest BCUT2D eigenvalue weighted by Crippen LogP contribution is -2.35. The second-order valence-electron chi connectivity index (χ2n) is 14.0. The third kappa shape index (κ3) is 6.64. The molecule has 6 heterocycles. The highest BCUT2D eigenvalue weighted by Gasteiger charge is 2.26. The predicted molar refractivity (Wildman–Crippen MR) is 185 cm³/mol. The maximum atomic E-state index is 3.73. The summed E-state index contributed by atoms with van der Waals surface area (Å²) < 4.78 is 0. The van der Waals surface area contributed by atoms with Crippen molar-refractivity contribution in [2.75, 3.05) is 52.4 Å². The fourth-order valence-electron chi connectivity index (χ4n) is 8.34. The third-order valence-corrected chi connectivity index (χ3v) is 10.8. The van der Waals surface area contributed by atoms with E-state index in [2.05, 4.69) is 80.6 Å². The summed E-state index contributed by atoms with van der Waals surface area (Å²) in [6.45, 7) is 14.2. The summed E-state index contributed by atoms with van der Waals surface area (Å²) in [5.41, 5.74) is 11.3. The molecule has 0 spiro atoms. The maximum absolute atomic E-state index is 3.73. The average Bonchev–Trinajstić information content (AvgIpc) is 3.62. The number of hydrogen-bond acceptors (Lipinski definition) is 4. The van der Waals surface area contributed by atoms with Crippen molar-refractivity contribution in [3.05, 3.63) is 70.0 Å². The topological polar surface area (TPSA) is 62.1 Å². The molecule has 0 aliphatic carbocycles. The Morgan fingerprint density at radius 1 is 0.591 bits per heavy atom. The van der Waals surface area contributed by atoms with Crippen LogP contribution in [-0.2, 0) is 12.8 Å². The zero-order valence-corrected chi connectivity index (χ0v) is 27.2. The summed E-state index contributed by atoms with van der Waals surface area (Å²) in [6, 6.07) is 14.6. The van der Waals surface area contributed by atoms with Gasteiger partial charge in [-0.15, -0.1) is 0 Å². The van der Waals surface area contributed by atoms with Crippen molar-refractivity contribution in [1.29, 1.82) is 0 Å². The molecule has 0 saturated carbocycles. The van der Waals surface area contributed by atoms with Crippen molar-refractivity contribution in [2.45, 2.75) is 90.1 Å². The number of nitrogens with one attached hydrogen (secondary N) is 4. The minimum Gasteiger partial charge on any atom is -0.357 e. The van der Waals surface area contributed by atoms with Gasteiger partial charge in [0.1, 0.15) is 0 Å². The van der Waals surface area contributed by atoms with Gasteiger partial charge in [0.25, 0.3) is 0 Å². The van der Waals surface area contributed by atoms with Crippen LogP contribution in [0.1, 0.15) is 97.1 Å². The smallest absolute Gasteiger partial charge is 0.0488 e. The van der Waals surface area contributed by atoms with E-state index in [9.17, 15) is 0 Å². The van der Waals surface area contributed by atoms with Crippen LogP contribution in [0.25, 0.3) is 21.8 Å². The van der Waals surface area contributed by atoms with Crippen LogP contribution in [0.15, 0.2) is 36.4 Å². The highest BCUT2D eigenvalue weighted by atomic mass is 15.1. The Hall–Kier alpha value is -2.64. The fraction of sp³-hybridized carbons (Fsp3) is 0.579. The van der Waals surface area contributed by atoms with Crippen LogP contribution in [0.2, 0.25) is 0 Å². The van der Waals surface area contributed by atoms with E-state index in [0.717, 1.165) is 25.9 Å². The molecule has 44 heavy (non-hydrogen) atoms. The molecule has 236 valence electrons. The molecule has 4 aliphatic rings. The fourth-order valence-corrected chi connectivity index (χ4v) is 8.34. The summed E-state index contributed by atoms with van der Waals surface area (Å²) in [7, 11) is 0. The van der Waals surface area contributed by atoms with E-state index in [1.54, 1.807) is 11.1 Å². The van der Waals surface area contributed by atoms with Crippen LogP contribution in [0.5, 0.6) is 0 Å². The predicted octanol–water partition coefficient (Wildman–Crippen LogP) is 7.08. The normalized spacial score (nSPS) is 22.9. The minimum atomic E-state index is 0.499. The Balaban J connectivity index is 0.000000142. The van der Waals surface area contributed by atoms with Gasteiger partial charge < -0.3 is 30.4 Å². The molecule has 4 aliphatic heterocycles. The highest BCUT2D eigenvalue weighted by Crippen LogP contribution is 2.33. The van der Waals surface area contributed by atoms with Gasteiger partial charge in [-0.2, -0.15) is 0 Å². The Bertz CT molecular complexity index is 1420. The number of benzene rings is 2. The van der Waals surface area contributed by atoms with Gasteiger partial charge in [0.2, 0.25) is 0 Å². The number of likely N-dealkylation sites (tertiary alicyclic amines) is 2. The van der Waals surface area contributed by atoms with E-state index in [1.165, 1.54) is 135 Å². The van der Waals surface area contributed by atoms with Crippen molar-refractivity contribution in [3.8, 4) is 0 Å². The van der Waals surface area contributed by atoms with Gasteiger partial charge in [-0.3, -0.25) is 0 Å². The molecule has 0 amide bonds. The SMILES string of the molecule is Cc1ccc2c3c([nH]c2c1)[C@@H](CCN1CCCCC1)NCC3.Cc1ccc2c3c([nH]c2c1)[C@H](CCN1CCCCC1)NCC3. The molecular weight excluding hydrogens is 540 g/mol. The van der Waals surface area contributed by atoms with E-state index in [4.69, 9.17) is 0 Å². The van der Waals surface area contributed by atoms with Gasteiger partial charge in [-0.1, -0.05) is 37.1 Å². The molecule has 2 aromatic heterocycles. The summed E-state index contributed by atoms with van der Waals surface area (Å²) in [5.74, 6) is 0. The first kappa shape index (κ1) is 30.0. The Morgan fingerprint density at radius 3 is 1.45 bits per heavy atom. The van der Waals surface area contributed by atoms with Gasteiger partial charge in [0.15, 0.2) is 0 Å². The highest BCUT2D eigenvalue weighted by molar-refractivity contribution is 5.86. The van der Waals surface area contributed by atoms with Crippen LogP contribution in [0, 0.1) is 13.8 Å². The number of aromatic nitrogens is 2. The van der Waals surface area contributed by atoms with Gasteiger partial charge in [-0.05, 0) is 152 Å². The molecule has 0 unspecified atom stereocenters. The van der Waals surface area contributed by atoms with E-state index in [1.807, 2.05) is 0 Å². The number of nitrogens with zero attached hydrogens (tertiary/aromatic N) is 2. The first-order valence-corrected chi connectivity index (χ1v) is 17.8. The number of H-pyrrole nitrogens is 2. The van der Waals surface area contributed by atoms with E-state index >= 15 is 0 Å². The first-order chi connectivity index (χ1) is 21.6. The van der Waals surface area contributed by atoms with Crippen LogP contribution >= 0.6 is 0 Å². The second kappa shape index (κ2) is 13.8. The Labute approximate surface area is 264 Å². The van der Waals surface area contributed by atoms with Crippen LogP contribution in [-0.4, -0.2) is 72.1 Å². The molecular formula is C38H54N6. The average molecular weight is 595 g/mol. The molecule has 0 bridgehead atoms. The molecule has 2 atom stereocenters. The summed E-state index contributed by atoms with van der Waals surface area (Å²) in [5, 5.41) is 10.3. The van der Waals surface area contributed by atoms with Gasteiger partial charge >= 0.3 is 0 Å². The second-order valence-corrected chi connectivity index (χ2v) is 14.0. The van der Waals surface area contributed by atoms with Crippen molar-refractivity contribution >= 4 is 21.8 Å². The summed E-state index contributed by atoms with van der Waals surface area (Å²) >= 11 is 0. The number of aryl methyl sites for hydroxylation is 2. The monoisotopic (exact) mass is 594 g/mol. The molecule has 4 N–H and O–H groups in total. The molecule has 2 aromatic carbocycles. The van der Waals surface area contributed by atoms with Crippen molar-refractivity contribution in [2.24, 2.45) is 0 Å². The van der Waals surface area contributed by atoms with E-state index in [-0.39, 0.29) is 0 Å². The number of piperidine rings is 2. The van der Waals surface area contributed by atoms with E-state index in [0.29, 0.717) is 12.1 Å². The third-order valence-electron chi connectivity index (χ3n) is 10.8. The lowest BCUT2D eigenvalue weighted by atomic mass is 9.96.